The van der Waals surface area contributed by atoms with Gasteiger partial charge in [-0.3, -0.25) is 4.79 Å². The van der Waals surface area contributed by atoms with Crippen molar-refractivity contribution in [1.29, 1.82) is 0 Å². The van der Waals surface area contributed by atoms with Crippen molar-refractivity contribution in [2.45, 2.75) is 60.4 Å². The number of carbonyl (C=O) groups excluding carboxylic acids is 1. The van der Waals surface area contributed by atoms with Crippen LogP contribution in [0.15, 0.2) is 30.3 Å². The van der Waals surface area contributed by atoms with Gasteiger partial charge in [-0.25, -0.2) is 0 Å². The number of nitrogens with two attached hydrogens (primary N) is 1. The molecule has 0 aliphatic carbocycles. The van der Waals surface area contributed by atoms with Gasteiger partial charge in [-0.05, 0) is 35.2 Å². The highest BCUT2D eigenvalue weighted by Crippen LogP contribution is 2.41. The van der Waals surface area contributed by atoms with E-state index in [1.54, 1.807) is 0 Å². The number of esters is 1. The number of hydrogen-bond acceptors (Lipinski definition) is 3. The maximum absolute atomic E-state index is 12.1. The molecular weight excluding hydrogens is 286 g/mol. The fourth-order valence-electron chi connectivity index (χ4n) is 3.50. The van der Waals surface area contributed by atoms with Gasteiger partial charge in [-0.15, -0.1) is 0 Å². The summed E-state index contributed by atoms with van der Waals surface area (Å²) in [6, 6.07) is 9.20. The summed E-state index contributed by atoms with van der Waals surface area (Å²) in [5.74, 6) is 0.156. The van der Waals surface area contributed by atoms with E-state index in [4.69, 9.17) is 10.5 Å². The van der Waals surface area contributed by atoms with Gasteiger partial charge < -0.3 is 10.5 Å². The Hall–Kier alpha value is -1.35. The van der Waals surface area contributed by atoms with Crippen LogP contribution in [0.2, 0.25) is 0 Å². The first-order valence-electron chi connectivity index (χ1n) is 8.48. The van der Waals surface area contributed by atoms with Crippen LogP contribution in [0, 0.1) is 16.7 Å². The van der Waals surface area contributed by atoms with Gasteiger partial charge in [0, 0.05) is 0 Å². The summed E-state index contributed by atoms with van der Waals surface area (Å²) in [6.45, 7) is 13.9. The Kier molecular flexibility index (Phi) is 6.82. The van der Waals surface area contributed by atoms with Crippen LogP contribution in [0.3, 0.4) is 0 Å². The number of hydrogen-bond donors (Lipinski definition) is 1. The SMILES string of the molecule is CC(C)(C)C(CCOC(=O)C(N)Cc1ccccc1)C(C)(C)C. The third-order valence-electron chi connectivity index (χ3n) is 4.34. The molecule has 0 fully saturated rings. The van der Waals surface area contributed by atoms with Crippen LogP contribution < -0.4 is 5.73 Å². The Balaban J connectivity index is 2.49. The highest BCUT2D eigenvalue weighted by molar-refractivity contribution is 5.75. The van der Waals surface area contributed by atoms with Gasteiger partial charge in [-0.2, -0.15) is 0 Å². The third-order valence-corrected chi connectivity index (χ3v) is 4.34. The van der Waals surface area contributed by atoms with Crippen molar-refractivity contribution >= 4 is 5.97 Å². The van der Waals surface area contributed by atoms with Crippen LogP contribution in [-0.4, -0.2) is 18.6 Å². The van der Waals surface area contributed by atoms with E-state index in [0.29, 0.717) is 18.9 Å². The number of carbonyl (C=O) groups is 1. The molecule has 0 aromatic heterocycles. The molecule has 0 aliphatic rings. The van der Waals surface area contributed by atoms with Crippen LogP contribution >= 0.6 is 0 Å². The minimum absolute atomic E-state index is 0.177. The average molecular weight is 319 g/mol. The maximum Gasteiger partial charge on any atom is 0.323 e. The molecule has 0 bridgehead atoms. The molecule has 1 aromatic carbocycles. The molecule has 0 radical (unpaired) electrons. The Morgan fingerprint density at radius 3 is 2.04 bits per heavy atom. The highest BCUT2D eigenvalue weighted by Gasteiger charge is 2.34. The Morgan fingerprint density at radius 1 is 1.04 bits per heavy atom. The van der Waals surface area contributed by atoms with E-state index in [1.807, 2.05) is 30.3 Å². The van der Waals surface area contributed by atoms with Gasteiger partial charge in [0.1, 0.15) is 6.04 Å². The monoisotopic (exact) mass is 319 g/mol. The summed E-state index contributed by atoms with van der Waals surface area (Å²) in [6.07, 6.45) is 1.37. The van der Waals surface area contributed by atoms with E-state index in [-0.39, 0.29) is 16.8 Å². The molecule has 0 saturated carbocycles. The Labute approximate surface area is 141 Å². The van der Waals surface area contributed by atoms with E-state index in [0.717, 1.165) is 12.0 Å². The molecule has 2 N–H and O–H groups in total. The first-order chi connectivity index (χ1) is 10.5. The van der Waals surface area contributed by atoms with Crippen LogP contribution in [0.4, 0.5) is 0 Å². The summed E-state index contributed by atoms with van der Waals surface area (Å²) in [7, 11) is 0. The zero-order valence-corrected chi connectivity index (χ0v) is 15.6. The van der Waals surface area contributed by atoms with E-state index >= 15 is 0 Å². The molecule has 1 atom stereocenters. The summed E-state index contributed by atoms with van der Waals surface area (Å²) >= 11 is 0. The molecule has 0 amide bonds. The molecular formula is C20H33NO2. The van der Waals surface area contributed by atoms with Gasteiger partial charge >= 0.3 is 5.97 Å². The molecule has 1 unspecified atom stereocenters. The quantitative estimate of drug-likeness (QED) is 0.800. The molecule has 3 heteroatoms. The summed E-state index contributed by atoms with van der Waals surface area (Å²) in [5.41, 5.74) is 7.37. The van der Waals surface area contributed by atoms with Gasteiger partial charge in [-0.1, -0.05) is 71.9 Å². The lowest BCUT2D eigenvalue weighted by atomic mass is 9.65. The van der Waals surface area contributed by atoms with E-state index in [9.17, 15) is 4.79 Å². The number of rotatable bonds is 6. The molecule has 1 rings (SSSR count). The second-order valence-corrected chi connectivity index (χ2v) is 8.54. The minimum atomic E-state index is -0.597. The van der Waals surface area contributed by atoms with Crippen molar-refractivity contribution in [1.82, 2.24) is 0 Å². The lowest BCUT2D eigenvalue weighted by Gasteiger charge is -2.40. The normalized spacial score (nSPS) is 13.9. The van der Waals surface area contributed by atoms with Gasteiger partial charge in [0.25, 0.3) is 0 Å². The first-order valence-corrected chi connectivity index (χ1v) is 8.48. The van der Waals surface area contributed by atoms with Crippen molar-refractivity contribution in [3.8, 4) is 0 Å². The van der Waals surface area contributed by atoms with Crippen LogP contribution in [0.1, 0.15) is 53.5 Å². The second-order valence-electron chi connectivity index (χ2n) is 8.54. The molecule has 0 heterocycles. The Morgan fingerprint density at radius 2 is 1.57 bits per heavy atom. The molecule has 3 nitrogen and oxygen atoms in total. The van der Waals surface area contributed by atoms with Crippen LogP contribution in [0.25, 0.3) is 0 Å². The van der Waals surface area contributed by atoms with E-state index in [1.165, 1.54) is 0 Å². The zero-order valence-electron chi connectivity index (χ0n) is 15.6. The fourth-order valence-corrected chi connectivity index (χ4v) is 3.50. The van der Waals surface area contributed by atoms with Crippen molar-refractivity contribution in [3.63, 3.8) is 0 Å². The average Bonchev–Trinajstić information content (AvgIpc) is 2.41. The second kappa shape index (κ2) is 7.96. The standard InChI is InChI=1S/C20H33NO2/c1-19(2,3)17(20(4,5)6)12-13-23-18(22)16(21)14-15-10-8-7-9-11-15/h7-11,16-17H,12-14,21H2,1-6H3. The zero-order chi connectivity index (χ0) is 17.7. The highest BCUT2D eigenvalue weighted by atomic mass is 16.5. The molecule has 23 heavy (non-hydrogen) atoms. The van der Waals surface area contributed by atoms with Crippen molar-refractivity contribution in [3.05, 3.63) is 35.9 Å². The van der Waals surface area contributed by atoms with Crippen molar-refractivity contribution < 1.29 is 9.53 Å². The van der Waals surface area contributed by atoms with Gasteiger partial charge in [0.2, 0.25) is 0 Å². The molecule has 0 saturated heterocycles. The van der Waals surface area contributed by atoms with E-state index in [2.05, 4.69) is 41.5 Å². The fraction of sp³-hybridized carbons (Fsp3) is 0.650. The van der Waals surface area contributed by atoms with Crippen LogP contribution in [-0.2, 0) is 16.0 Å². The smallest absolute Gasteiger partial charge is 0.323 e. The lowest BCUT2D eigenvalue weighted by molar-refractivity contribution is -0.146. The summed E-state index contributed by atoms with van der Waals surface area (Å²) in [4.78, 5) is 12.1. The molecule has 1 aromatic rings. The molecule has 0 spiro atoms. The maximum atomic E-state index is 12.1. The minimum Gasteiger partial charge on any atom is -0.465 e. The predicted octanol–water partition coefficient (Wildman–Crippen LogP) is 4.20. The van der Waals surface area contributed by atoms with Gasteiger partial charge in [0.15, 0.2) is 0 Å². The summed E-state index contributed by atoms with van der Waals surface area (Å²) < 4.78 is 5.43. The van der Waals surface area contributed by atoms with Crippen LogP contribution in [0.5, 0.6) is 0 Å². The Bertz CT molecular complexity index is 469. The van der Waals surface area contributed by atoms with Crippen molar-refractivity contribution in [2.75, 3.05) is 6.61 Å². The number of ether oxygens (including phenoxy) is 1. The lowest BCUT2D eigenvalue weighted by Crippen LogP contribution is -2.36. The molecule has 0 aliphatic heterocycles. The van der Waals surface area contributed by atoms with Crippen molar-refractivity contribution in [2.24, 2.45) is 22.5 Å². The third kappa shape index (κ3) is 6.74. The predicted molar refractivity (Wildman–Crippen MR) is 96.1 cm³/mol. The van der Waals surface area contributed by atoms with E-state index < -0.39 is 6.04 Å². The molecule has 130 valence electrons. The summed E-state index contributed by atoms with van der Waals surface area (Å²) in [5, 5.41) is 0. The van der Waals surface area contributed by atoms with Gasteiger partial charge in [0.05, 0.1) is 6.61 Å². The largest absolute Gasteiger partial charge is 0.465 e. The topological polar surface area (TPSA) is 52.3 Å². The first kappa shape index (κ1) is 19.7. The number of benzene rings is 1.